The first-order valence-corrected chi connectivity index (χ1v) is 27.8. The molecule has 2 aromatic heterocycles. The molecule has 0 saturated carbocycles. The van der Waals surface area contributed by atoms with E-state index in [9.17, 15) is 0 Å². The Morgan fingerprint density at radius 2 is 0.932 bits per heavy atom. The van der Waals surface area contributed by atoms with Gasteiger partial charge in [-0.1, -0.05) is 189 Å². The molecule has 2 aliphatic heterocycles. The van der Waals surface area contributed by atoms with E-state index in [1.165, 1.54) is 121 Å². The summed E-state index contributed by atoms with van der Waals surface area (Å²) in [5.74, 6) is 2.07. The fourth-order valence-corrected chi connectivity index (χ4v) is 14.2. The Balaban J connectivity index is 1.15. The summed E-state index contributed by atoms with van der Waals surface area (Å²) in [6, 6.07) is 57.2. The van der Waals surface area contributed by atoms with E-state index in [-0.39, 0.29) is 33.8 Å². The lowest BCUT2D eigenvalue weighted by Crippen LogP contribution is -2.60. The number of fused-ring (bicyclic) bond motifs is 16. The molecule has 0 radical (unpaired) electrons. The van der Waals surface area contributed by atoms with Crippen molar-refractivity contribution in [2.24, 2.45) is 0 Å². The summed E-state index contributed by atoms with van der Waals surface area (Å²) in [7, 11) is 0. The van der Waals surface area contributed by atoms with Crippen molar-refractivity contribution in [3.8, 4) is 22.3 Å². The molecule has 370 valence electrons. The fourth-order valence-electron chi connectivity index (χ4n) is 12.9. The minimum Gasteiger partial charge on any atom is -0.463 e. The number of rotatable bonds is 2. The van der Waals surface area contributed by atoms with E-state index in [0.717, 1.165) is 11.5 Å². The molecule has 0 bridgehead atoms. The van der Waals surface area contributed by atoms with E-state index in [1.54, 1.807) is 0 Å². The van der Waals surface area contributed by atoms with Gasteiger partial charge in [-0.2, -0.15) is 0 Å². The number of thiophene rings is 1. The Hall–Kier alpha value is -6.56. The number of benzene rings is 7. The summed E-state index contributed by atoms with van der Waals surface area (Å²) in [4.78, 5) is 5.27. The van der Waals surface area contributed by atoms with Crippen molar-refractivity contribution in [3.05, 3.63) is 196 Å². The minimum atomic E-state index is -0.593. The zero-order chi connectivity index (χ0) is 52.0. The standard InChI is InChI=1S/C69H69BN2OS/c1-64(2,3)40-24-29-44(30-25-40)71-55-34-42(66(7,8)9)28-33-54(55)70-60-56(71)35-43(67(10,11)12)36-57(60)72(45-31-26-41(27-32-45)65(4,5)6)61-50-37-48-46-20-16-18-22-51(46)69(53(48)39-58(50)74-63(61)70)52-23-19-17-21-47(52)49-38-59(68(13,14)15)73-62(49)69/h16-39H,1-15H3. The van der Waals surface area contributed by atoms with Crippen LogP contribution >= 0.6 is 11.3 Å². The van der Waals surface area contributed by atoms with Crippen LogP contribution in [0.2, 0.25) is 0 Å². The molecular weight excluding hydrogens is 916 g/mol. The molecule has 1 spiro atoms. The van der Waals surface area contributed by atoms with Gasteiger partial charge in [-0.05, 0) is 149 Å². The highest BCUT2D eigenvalue weighted by atomic mass is 32.1. The van der Waals surface area contributed by atoms with Crippen LogP contribution in [0.3, 0.4) is 0 Å². The Morgan fingerprint density at radius 1 is 0.432 bits per heavy atom. The van der Waals surface area contributed by atoms with E-state index in [2.05, 4.69) is 259 Å². The highest BCUT2D eigenvalue weighted by molar-refractivity contribution is 7.33. The molecule has 9 aromatic rings. The summed E-state index contributed by atoms with van der Waals surface area (Å²) in [6.07, 6.45) is 0. The molecule has 4 aliphatic rings. The van der Waals surface area contributed by atoms with Crippen LogP contribution in [-0.2, 0) is 32.5 Å². The van der Waals surface area contributed by atoms with Crippen LogP contribution in [0.15, 0.2) is 150 Å². The third-order valence-corrected chi connectivity index (χ3v) is 18.2. The highest BCUT2D eigenvalue weighted by Gasteiger charge is 2.56. The summed E-state index contributed by atoms with van der Waals surface area (Å²) < 4.78 is 9.98. The highest BCUT2D eigenvalue weighted by Crippen LogP contribution is 2.65. The molecule has 3 nitrogen and oxygen atoms in total. The molecule has 0 saturated heterocycles. The van der Waals surface area contributed by atoms with E-state index < -0.39 is 5.41 Å². The van der Waals surface area contributed by atoms with Crippen LogP contribution in [-0.4, -0.2) is 6.71 Å². The van der Waals surface area contributed by atoms with E-state index in [0.29, 0.717) is 0 Å². The second kappa shape index (κ2) is 15.3. The van der Waals surface area contributed by atoms with Crippen molar-refractivity contribution < 1.29 is 4.42 Å². The van der Waals surface area contributed by atoms with Crippen molar-refractivity contribution in [1.29, 1.82) is 0 Å². The van der Waals surface area contributed by atoms with Gasteiger partial charge in [-0.15, -0.1) is 11.3 Å². The molecule has 1 unspecified atom stereocenters. The maximum atomic E-state index is 7.29. The molecule has 7 aromatic carbocycles. The second-order valence-corrected chi connectivity index (χ2v) is 28.1. The molecule has 4 heterocycles. The topological polar surface area (TPSA) is 19.6 Å². The number of nitrogens with zero attached hydrogens (tertiary/aromatic N) is 2. The number of anilines is 6. The van der Waals surface area contributed by atoms with Gasteiger partial charge in [0.15, 0.2) is 0 Å². The van der Waals surface area contributed by atoms with Gasteiger partial charge in [0, 0.05) is 54.3 Å². The fraction of sp³-hybridized carbons (Fsp3) is 0.304. The summed E-state index contributed by atoms with van der Waals surface area (Å²) in [6.45, 7) is 34.8. The van der Waals surface area contributed by atoms with Gasteiger partial charge < -0.3 is 14.2 Å². The normalized spacial score (nSPS) is 16.6. The molecule has 0 N–H and O–H groups in total. The van der Waals surface area contributed by atoms with Crippen molar-refractivity contribution in [2.75, 3.05) is 9.80 Å². The Kier molecular flexibility index (Phi) is 9.75. The van der Waals surface area contributed by atoms with Crippen molar-refractivity contribution in [3.63, 3.8) is 0 Å². The lowest BCUT2D eigenvalue weighted by atomic mass is 9.36. The quantitative estimate of drug-likeness (QED) is 0.161. The lowest BCUT2D eigenvalue weighted by molar-refractivity contribution is 0.372. The van der Waals surface area contributed by atoms with Gasteiger partial charge in [-0.25, -0.2) is 0 Å². The monoisotopic (exact) mass is 985 g/mol. The largest absolute Gasteiger partial charge is 0.463 e. The van der Waals surface area contributed by atoms with Crippen molar-refractivity contribution >= 4 is 78.0 Å². The van der Waals surface area contributed by atoms with Crippen LogP contribution in [0.4, 0.5) is 34.1 Å². The summed E-state index contributed by atoms with van der Waals surface area (Å²) in [5.41, 5.74) is 23.5. The van der Waals surface area contributed by atoms with Gasteiger partial charge in [-0.3, -0.25) is 0 Å². The summed E-state index contributed by atoms with van der Waals surface area (Å²) >= 11 is 2.00. The van der Waals surface area contributed by atoms with E-state index >= 15 is 0 Å². The maximum Gasteiger partial charge on any atom is 0.264 e. The molecule has 13 rings (SSSR count). The van der Waals surface area contributed by atoms with Crippen LogP contribution in [0.5, 0.6) is 0 Å². The molecular formula is C69H69BN2OS. The third-order valence-electron chi connectivity index (χ3n) is 17.0. The Bertz CT molecular complexity index is 3810. The number of furan rings is 1. The SMILES string of the molecule is CC(C)(C)c1ccc(N2c3cc(C(C)(C)C)ccc3B3c4sc5cc6c(cc5c4N(c4ccc(C(C)(C)C)cc4)c4cc(C(C)(C)C)cc2c43)-c2ccccc2C62c3ccccc3-c3cc(C(C)(C)C)oc32)cc1. The van der Waals surface area contributed by atoms with Crippen LogP contribution in [0.1, 0.15) is 154 Å². The summed E-state index contributed by atoms with van der Waals surface area (Å²) in [5, 5.41) is 1.29. The zero-order valence-electron chi connectivity index (χ0n) is 46.1. The first-order chi connectivity index (χ1) is 34.8. The first kappa shape index (κ1) is 47.2. The zero-order valence-corrected chi connectivity index (χ0v) is 47.0. The van der Waals surface area contributed by atoms with E-state index in [1.807, 2.05) is 11.3 Å². The molecule has 0 fully saturated rings. The van der Waals surface area contributed by atoms with Crippen LogP contribution < -0.4 is 25.5 Å². The molecule has 2 aliphatic carbocycles. The molecule has 74 heavy (non-hydrogen) atoms. The van der Waals surface area contributed by atoms with Crippen LogP contribution in [0, 0.1) is 0 Å². The Morgan fingerprint density at radius 3 is 1.49 bits per heavy atom. The smallest absolute Gasteiger partial charge is 0.264 e. The maximum absolute atomic E-state index is 7.29. The average Bonchev–Trinajstić information content (AvgIpc) is 4.16. The number of hydrogen-bond acceptors (Lipinski definition) is 4. The predicted molar refractivity (Wildman–Crippen MR) is 318 cm³/mol. The predicted octanol–water partition coefficient (Wildman–Crippen LogP) is 17.4. The van der Waals surface area contributed by atoms with Gasteiger partial charge in [0.2, 0.25) is 0 Å². The molecule has 1 atom stereocenters. The average molecular weight is 985 g/mol. The van der Waals surface area contributed by atoms with Crippen molar-refractivity contribution in [1.82, 2.24) is 0 Å². The van der Waals surface area contributed by atoms with E-state index in [4.69, 9.17) is 4.42 Å². The van der Waals surface area contributed by atoms with Crippen molar-refractivity contribution in [2.45, 2.75) is 136 Å². The second-order valence-electron chi connectivity index (χ2n) is 27.1. The Labute approximate surface area is 444 Å². The minimum absolute atomic E-state index is 0.00468. The molecule has 0 amide bonds. The number of hydrogen-bond donors (Lipinski definition) is 0. The lowest BCUT2D eigenvalue weighted by Gasteiger charge is -2.44. The molecule has 5 heteroatoms. The van der Waals surface area contributed by atoms with Crippen LogP contribution in [0.25, 0.3) is 32.3 Å². The first-order valence-electron chi connectivity index (χ1n) is 26.9. The van der Waals surface area contributed by atoms with Gasteiger partial charge in [0.1, 0.15) is 16.9 Å². The van der Waals surface area contributed by atoms with Gasteiger partial charge in [0.25, 0.3) is 6.71 Å². The van der Waals surface area contributed by atoms with Gasteiger partial charge >= 0.3 is 0 Å². The third kappa shape index (κ3) is 6.63. The van der Waals surface area contributed by atoms with Gasteiger partial charge in [0.05, 0.1) is 5.69 Å².